The highest BCUT2D eigenvalue weighted by Gasteiger charge is 2.48. The molecule has 0 radical (unpaired) electrons. The minimum atomic E-state index is 0.128. The quantitative estimate of drug-likeness (QED) is 0.662. The topological polar surface area (TPSA) is 39.3 Å². The molecule has 1 aromatic heterocycles. The van der Waals surface area contributed by atoms with Crippen molar-refractivity contribution in [3.8, 4) is 5.75 Å². The molecule has 0 bridgehead atoms. The van der Waals surface area contributed by atoms with Crippen LogP contribution < -0.4 is 0 Å². The van der Waals surface area contributed by atoms with Gasteiger partial charge in [-0.25, -0.2) is 0 Å². The molecule has 3 aliphatic rings. The van der Waals surface area contributed by atoms with Crippen LogP contribution in [0.2, 0.25) is 0 Å². The summed E-state index contributed by atoms with van der Waals surface area (Å²) in [6.07, 6.45) is 7.64. The maximum absolute atomic E-state index is 10.2. The molecule has 29 heavy (non-hydrogen) atoms. The number of phenols is 1. The van der Waals surface area contributed by atoms with Crippen LogP contribution in [0.15, 0.2) is 48.5 Å². The van der Waals surface area contributed by atoms with Gasteiger partial charge >= 0.3 is 0 Å². The second kappa shape index (κ2) is 6.63. The number of hydrogen-bond acceptors (Lipinski definition) is 2. The Bertz CT molecular complexity index is 1050. The molecule has 150 valence electrons. The predicted octanol–water partition coefficient (Wildman–Crippen LogP) is 5.03. The van der Waals surface area contributed by atoms with Gasteiger partial charge in [-0.2, -0.15) is 0 Å². The summed E-state index contributed by atoms with van der Waals surface area (Å²) in [5, 5.41) is 11.6. The number of H-pyrrole nitrogens is 1. The van der Waals surface area contributed by atoms with E-state index in [1.807, 2.05) is 12.1 Å². The number of aromatic nitrogens is 1. The van der Waals surface area contributed by atoms with Crippen molar-refractivity contribution in [2.45, 2.75) is 43.9 Å². The van der Waals surface area contributed by atoms with Crippen molar-refractivity contribution in [1.29, 1.82) is 0 Å². The largest absolute Gasteiger partial charge is 0.508 e. The summed E-state index contributed by atoms with van der Waals surface area (Å²) in [5.41, 5.74) is 5.68. The van der Waals surface area contributed by atoms with E-state index in [0.29, 0.717) is 11.7 Å². The number of rotatable bonds is 3. The van der Waals surface area contributed by atoms with E-state index in [-0.39, 0.29) is 5.41 Å². The molecule has 1 saturated heterocycles. The lowest BCUT2D eigenvalue weighted by molar-refractivity contribution is 0.0592. The van der Waals surface area contributed by atoms with Crippen molar-refractivity contribution in [1.82, 2.24) is 9.88 Å². The van der Waals surface area contributed by atoms with Gasteiger partial charge < -0.3 is 15.0 Å². The van der Waals surface area contributed by atoms with Gasteiger partial charge in [0.2, 0.25) is 0 Å². The highest BCUT2D eigenvalue weighted by Crippen LogP contribution is 2.49. The number of aromatic amines is 1. The number of benzene rings is 2. The highest BCUT2D eigenvalue weighted by molar-refractivity contribution is 5.85. The zero-order chi connectivity index (χ0) is 19.4. The number of likely N-dealkylation sites (tertiary alicyclic amines) is 1. The summed E-state index contributed by atoms with van der Waals surface area (Å²) in [7, 11) is 0. The Labute approximate surface area is 172 Å². The van der Waals surface area contributed by atoms with Gasteiger partial charge in [0.15, 0.2) is 0 Å². The standard InChI is InChI=1S/C26H30N2O/c29-21-8-4-7-19(13-21)26-11-12-28(16-18-5-3-6-18)17-20(26)14-23-22-9-1-2-10-24(22)27-25(23)15-26/h1-2,4,7-10,13,18,20,27,29H,3,5-6,11-12,14-17H2/t20?,26-/m1/s1. The normalized spacial score (nSPS) is 27.4. The maximum atomic E-state index is 10.2. The average molecular weight is 387 g/mol. The van der Waals surface area contributed by atoms with Crippen molar-refractivity contribution in [3.05, 3.63) is 65.4 Å². The van der Waals surface area contributed by atoms with Gasteiger partial charge in [-0.15, -0.1) is 0 Å². The van der Waals surface area contributed by atoms with Crippen LogP contribution >= 0.6 is 0 Å². The van der Waals surface area contributed by atoms with Crippen LogP contribution in [-0.4, -0.2) is 34.6 Å². The molecule has 3 heteroatoms. The first-order chi connectivity index (χ1) is 14.2. The zero-order valence-corrected chi connectivity index (χ0v) is 17.0. The van der Waals surface area contributed by atoms with E-state index in [0.717, 1.165) is 18.8 Å². The van der Waals surface area contributed by atoms with E-state index < -0.39 is 0 Å². The number of phenolic OH excluding ortho intramolecular Hbond substituents is 1. The van der Waals surface area contributed by atoms with Crippen molar-refractivity contribution in [3.63, 3.8) is 0 Å². The molecule has 1 aliphatic heterocycles. The number of fused-ring (bicyclic) bond motifs is 4. The fourth-order valence-corrected chi connectivity index (χ4v) is 6.34. The first-order valence-corrected chi connectivity index (χ1v) is 11.3. The van der Waals surface area contributed by atoms with Crippen LogP contribution in [0.4, 0.5) is 0 Å². The second-order valence-electron chi connectivity index (χ2n) is 9.72. The van der Waals surface area contributed by atoms with Crippen LogP contribution in [0.5, 0.6) is 5.75 Å². The monoisotopic (exact) mass is 386 g/mol. The Morgan fingerprint density at radius 3 is 2.83 bits per heavy atom. The Morgan fingerprint density at radius 1 is 1.10 bits per heavy atom. The smallest absolute Gasteiger partial charge is 0.115 e. The average Bonchev–Trinajstić information content (AvgIpc) is 3.06. The first-order valence-electron chi connectivity index (χ1n) is 11.3. The van der Waals surface area contributed by atoms with Crippen molar-refractivity contribution in [2.75, 3.05) is 19.6 Å². The molecular weight excluding hydrogens is 356 g/mol. The van der Waals surface area contributed by atoms with E-state index >= 15 is 0 Å². The summed E-state index contributed by atoms with van der Waals surface area (Å²) in [4.78, 5) is 6.49. The molecule has 3 nitrogen and oxygen atoms in total. The van der Waals surface area contributed by atoms with Gasteiger partial charge in [0.05, 0.1) is 0 Å². The van der Waals surface area contributed by atoms with Crippen LogP contribution in [0.25, 0.3) is 10.9 Å². The Balaban J connectivity index is 1.41. The van der Waals surface area contributed by atoms with E-state index in [4.69, 9.17) is 0 Å². The summed E-state index contributed by atoms with van der Waals surface area (Å²) in [6, 6.07) is 16.9. The summed E-state index contributed by atoms with van der Waals surface area (Å²) in [6.45, 7) is 3.65. The number of hydrogen-bond donors (Lipinski definition) is 2. The van der Waals surface area contributed by atoms with E-state index in [9.17, 15) is 5.11 Å². The minimum Gasteiger partial charge on any atom is -0.508 e. The summed E-state index contributed by atoms with van der Waals surface area (Å²) < 4.78 is 0. The molecule has 6 rings (SSSR count). The first kappa shape index (κ1) is 17.6. The number of piperidine rings is 1. The highest BCUT2D eigenvalue weighted by atomic mass is 16.3. The fraction of sp³-hybridized carbons (Fsp3) is 0.462. The number of aromatic hydroxyl groups is 1. The summed E-state index contributed by atoms with van der Waals surface area (Å²) in [5.74, 6) is 1.93. The van der Waals surface area contributed by atoms with Crippen molar-refractivity contribution in [2.24, 2.45) is 11.8 Å². The fourth-order valence-electron chi connectivity index (χ4n) is 6.34. The van der Waals surface area contributed by atoms with Gasteiger partial charge in [0, 0.05) is 35.1 Å². The lowest BCUT2D eigenvalue weighted by Crippen LogP contribution is -2.54. The van der Waals surface area contributed by atoms with Crippen molar-refractivity contribution < 1.29 is 5.11 Å². The van der Waals surface area contributed by atoms with E-state index in [1.54, 1.807) is 6.07 Å². The van der Waals surface area contributed by atoms with E-state index in [2.05, 4.69) is 40.2 Å². The molecule has 2 N–H and O–H groups in total. The van der Waals surface area contributed by atoms with Gasteiger partial charge in [0.1, 0.15) is 5.75 Å². The molecule has 2 fully saturated rings. The number of para-hydroxylation sites is 1. The molecular formula is C26H30N2O. The Morgan fingerprint density at radius 2 is 2.00 bits per heavy atom. The Hall–Kier alpha value is -2.26. The predicted molar refractivity (Wildman–Crippen MR) is 117 cm³/mol. The molecule has 3 aromatic rings. The third-order valence-electron chi connectivity index (χ3n) is 8.14. The van der Waals surface area contributed by atoms with Gasteiger partial charge in [-0.1, -0.05) is 36.8 Å². The molecule has 2 heterocycles. The van der Waals surface area contributed by atoms with Gasteiger partial charge in [0.25, 0.3) is 0 Å². The van der Waals surface area contributed by atoms with Crippen LogP contribution in [0.3, 0.4) is 0 Å². The molecule has 0 spiro atoms. The third kappa shape index (κ3) is 2.82. The maximum Gasteiger partial charge on any atom is 0.115 e. The number of nitrogens with one attached hydrogen (secondary N) is 1. The molecule has 2 aromatic carbocycles. The van der Waals surface area contributed by atoms with Gasteiger partial charge in [-0.05, 0) is 79.8 Å². The lowest BCUT2D eigenvalue weighted by atomic mass is 9.58. The van der Waals surface area contributed by atoms with E-state index in [1.165, 1.54) is 73.0 Å². The number of nitrogens with zero attached hydrogens (tertiary/aromatic N) is 1. The second-order valence-corrected chi connectivity index (χ2v) is 9.72. The SMILES string of the molecule is Oc1cccc([C@]23CCN(CC4CCC4)CC2Cc2c([nH]c4ccccc24)C3)c1. The van der Waals surface area contributed by atoms with Crippen LogP contribution in [0, 0.1) is 11.8 Å². The zero-order valence-electron chi connectivity index (χ0n) is 17.0. The van der Waals surface area contributed by atoms with Crippen molar-refractivity contribution >= 4 is 10.9 Å². The molecule has 0 amide bonds. The molecule has 2 atom stereocenters. The summed E-state index contributed by atoms with van der Waals surface area (Å²) >= 11 is 0. The minimum absolute atomic E-state index is 0.128. The lowest BCUT2D eigenvalue weighted by Gasteiger charge is -2.52. The van der Waals surface area contributed by atoms with Crippen LogP contribution in [-0.2, 0) is 18.3 Å². The van der Waals surface area contributed by atoms with Gasteiger partial charge in [-0.3, -0.25) is 0 Å². The molecule has 2 aliphatic carbocycles. The Kier molecular flexibility index (Phi) is 4.02. The van der Waals surface area contributed by atoms with Crippen LogP contribution in [0.1, 0.15) is 42.5 Å². The molecule has 1 unspecified atom stereocenters. The third-order valence-corrected chi connectivity index (χ3v) is 8.14. The molecule has 1 saturated carbocycles.